The Kier molecular flexibility index (Phi) is 7.12. The van der Waals surface area contributed by atoms with Gasteiger partial charge in [-0.25, -0.2) is 9.78 Å². The van der Waals surface area contributed by atoms with Crippen molar-refractivity contribution in [1.29, 1.82) is 0 Å². The molecule has 1 N–H and O–H groups in total. The van der Waals surface area contributed by atoms with E-state index >= 15 is 0 Å². The number of aromatic nitrogens is 1. The standard InChI is InChI=1S/C23H24N2O5S/c1-5-29-23(28)21-20(14(3)26)15(4)30-22(21)25-18(27)10-11-31-19-12-13(2)16-8-6-7-9-17(16)24-19/h6-9,12H,5,10-11H2,1-4H3,(H,25,27). The van der Waals surface area contributed by atoms with Gasteiger partial charge in [0.15, 0.2) is 5.78 Å². The van der Waals surface area contributed by atoms with Crippen molar-refractivity contribution in [3.8, 4) is 0 Å². The van der Waals surface area contributed by atoms with Gasteiger partial charge >= 0.3 is 5.97 Å². The summed E-state index contributed by atoms with van der Waals surface area (Å²) in [7, 11) is 0. The Morgan fingerprint density at radius 1 is 1.16 bits per heavy atom. The lowest BCUT2D eigenvalue weighted by Gasteiger charge is -2.07. The van der Waals surface area contributed by atoms with Crippen LogP contribution >= 0.6 is 11.8 Å². The molecule has 2 heterocycles. The van der Waals surface area contributed by atoms with Gasteiger partial charge in [-0.2, -0.15) is 0 Å². The summed E-state index contributed by atoms with van der Waals surface area (Å²) in [5, 5.41) is 4.54. The van der Waals surface area contributed by atoms with Crippen LogP contribution in [-0.2, 0) is 9.53 Å². The fraction of sp³-hybridized carbons (Fsp3) is 0.304. The van der Waals surface area contributed by atoms with Crippen LogP contribution in [0.25, 0.3) is 10.9 Å². The molecular weight excluding hydrogens is 416 g/mol. The summed E-state index contributed by atoms with van der Waals surface area (Å²) in [6.07, 6.45) is 0.176. The number of furan rings is 1. The van der Waals surface area contributed by atoms with Gasteiger partial charge in [-0.1, -0.05) is 18.2 Å². The van der Waals surface area contributed by atoms with E-state index in [1.807, 2.05) is 37.3 Å². The number of carbonyl (C=O) groups is 3. The molecule has 0 fully saturated rings. The van der Waals surface area contributed by atoms with E-state index < -0.39 is 5.97 Å². The number of rotatable bonds is 8. The molecule has 0 aliphatic carbocycles. The lowest BCUT2D eigenvalue weighted by molar-refractivity contribution is -0.115. The minimum absolute atomic E-state index is 0.0420. The van der Waals surface area contributed by atoms with Gasteiger partial charge in [0.05, 0.1) is 22.7 Å². The molecule has 0 bridgehead atoms. The van der Waals surface area contributed by atoms with Crippen molar-refractivity contribution in [3.05, 3.63) is 52.8 Å². The van der Waals surface area contributed by atoms with Gasteiger partial charge < -0.3 is 9.15 Å². The van der Waals surface area contributed by atoms with Crippen molar-refractivity contribution in [2.75, 3.05) is 17.7 Å². The van der Waals surface area contributed by atoms with Crippen LogP contribution < -0.4 is 5.32 Å². The number of hydrogen-bond acceptors (Lipinski definition) is 7. The number of Topliss-reactive ketones (excluding diaryl/α,β-unsaturated/α-hetero) is 1. The van der Waals surface area contributed by atoms with Crippen LogP contribution in [0.15, 0.2) is 39.8 Å². The average Bonchev–Trinajstić information content (AvgIpc) is 3.04. The zero-order chi connectivity index (χ0) is 22.5. The fourth-order valence-electron chi connectivity index (χ4n) is 3.28. The molecule has 0 aliphatic rings. The molecule has 0 radical (unpaired) electrons. The van der Waals surface area contributed by atoms with Crippen molar-refractivity contribution < 1.29 is 23.5 Å². The molecule has 3 aromatic rings. The number of ether oxygens (including phenoxy) is 1. The van der Waals surface area contributed by atoms with Crippen molar-refractivity contribution in [2.24, 2.45) is 0 Å². The number of thioether (sulfide) groups is 1. The largest absolute Gasteiger partial charge is 0.462 e. The monoisotopic (exact) mass is 440 g/mol. The first-order valence-corrected chi connectivity index (χ1v) is 10.9. The van der Waals surface area contributed by atoms with Gasteiger partial charge in [0.25, 0.3) is 0 Å². The number of para-hydroxylation sites is 1. The lowest BCUT2D eigenvalue weighted by atomic mass is 10.1. The van der Waals surface area contributed by atoms with E-state index in [0.29, 0.717) is 5.75 Å². The SMILES string of the molecule is CCOC(=O)c1c(NC(=O)CCSc2cc(C)c3ccccc3n2)oc(C)c1C(C)=O. The van der Waals surface area contributed by atoms with Gasteiger partial charge in [0, 0.05) is 17.6 Å². The Bertz CT molecular complexity index is 1150. The second-order valence-corrected chi connectivity index (χ2v) is 8.07. The van der Waals surface area contributed by atoms with E-state index in [0.717, 1.165) is 21.5 Å². The zero-order valence-corrected chi connectivity index (χ0v) is 18.7. The highest BCUT2D eigenvalue weighted by atomic mass is 32.2. The summed E-state index contributed by atoms with van der Waals surface area (Å²) in [5.41, 5.74) is 2.12. The zero-order valence-electron chi connectivity index (χ0n) is 17.9. The predicted octanol–water partition coefficient (Wildman–Crippen LogP) is 4.94. The summed E-state index contributed by atoms with van der Waals surface area (Å²) in [6.45, 7) is 6.74. The average molecular weight is 441 g/mol. The molecule has 0 unspecified atom stereocenters. The molecule has 3 rings (SSSR count). The fourth-order valence-corrected chi connectivity index (χ4v) is 4.20. The number of carbonyl (C=O) groups excluding carboxylic acids is 3. The van der Waals surface area contributed by atoms with E-state index in [-0.39, 0.29) is 47.5 Å². The number of pyridine rings is 1. The Balaban J connectivity index is 1.68. The third-order valence-electron chi connectivity index (χ3n) is 4.65. The quantitative estimate of drug-likeness (QED) is 0.301. The molecule has 31 heavy (non-hydrogen) atoms. The Labute approximate surface area is 184 Å². The number of nitrogens with one attached hydrogen (secondary N) is 1. The van der Waals surface area contributed by atoms with Gasteiger partial charge in [-0.15, -0.1) is 11.8 Å². The first-order valence-electron chi connectivity index (χ1n) is 9.92. The number of hydrogen-bond donors (Lipinski definition) is 1. The molecule has 7 nitrogen and oxygen atoms in total. The van der Waals surface area contributed by atoms with Crippen LogP contribution in [-0.4, -0.2) is 35.0 Å². The Hall–Kier alpha value is -3.13. The number of ketones is 1. The van der Waals surface area contributed by atoms with Crippen LogP contribution in [0.4, 0.5) is 5.88 Å². The van der Waals surface area contributed by atoms with Gasteiger partial charge in [0.1, 0.15) is 11.3 Å². The second kappa shape index (κ2) is 9.78. The number of nitrogens with zero attached hydrogens (tertiary/aromatic N) is 1. The van der Waals surface area contributed by atoms with Crippen molar-refractivity contribution in [3.63, 3.8) is 0 Å². The van der Waals surface area contributed by atoms with Crippen molar-refractivity contribution >= 4 is 46.2 Å². The molecule has 0 atom stereocenters. The maximum absolute atomic E-state index is 12.5. The van der Waals surface area contributed by atoms with Crippen molar-refractivity contribution in [1.82, 2.24) is 4.98 Å². The summed E-state index contributed by atoms with van der Waals surface area (Å²) >= 11 is 1.47. The van der Waals surface area contributed by atoms with E-state index in [1.54, 1.807) is 13.8 Å². The summed E-state index contributed by atoms with van der Waals surface area (Å²) in [6, 6.07) is 9.91. The predicted molar refractivity (Wildman–Crippen MR) is 120 cm³/mol. The van der Waals surface area contributed by atoms with Gasteiger partial charge in [-0.05, 0) is 45.4 Å². The molecule has 0 aliphatic heterocycles. The number of fused-ring (bicyclic) bond motifs is 1. The third kappa shape index (κ3) is 5.14. The molecule has 1 amide bonds. The highest BCUT2D eigenvalue weighted by Gasteiger charge is 2.28. The van der Waals surface area contributed by atoms with Gasteiger partial charge in [0.2, 0.25) is 11.8 Å². The third-order valence-corrected chi connectivity index (χ3v) is 5.56. The molecule has 0 saturated heterocycles. The molecule has 1 aromatic carbocycles. The molecule has 0 saturated carbocycles. The van der Waals surface area contributed by atoms with Crippen LogP contribution in [0, 0.1) is 13.8 Å². The highest BCUT2D eigenvalue weighted by molar-refractivity contribution is 7.99. The van der Waals surface area contributed by atoms with Crippen molar-refractivity contribution in [2.45, 2.75) is 39.1 Å². The molecule has 162 valence electrons. The van der Waals surface area contributed by atoms with Crippen LogP contribution in [0.3, 0.4) is 0 Å². The summed E-state index contributed by atoms with van der Waals surface area (Å²) in [5.74, 6) is -0.681. The maximum Gasteiger partial charge on any atom is 0.344 e. The minimum atomic E-state index is -0.704. The summed E-state index contributed by atoms with van der Waals surface area (Å²) < 4.78 is 10.5. The number of benzene rings is 1. The number of esters is 1. The first-order chi connectivity index (χ1) is 14.8. The van der Waals surface area contributed by atoms with E-state index in [4.69, 9.17) is 9.15 Å². The molecule has 8 heteroatoms. The smallest absolute Gasteiger partial charge is 0.344 e. The lowest BCUT2D eigenvalue weighted by Crippen LogP contribution is -2.16. The molecular formula is C23H24N2O5S. The number of amides is 1. The number of anilines is 1. The second-order valence-electron chi connectivity index (χ2n) is 6.96. The first kappa shape index (κ1) is 22.6. The molecule has 2 aromatic heterocycles. The Morgan fingerprint density at radius 3 is 2.61 bits per heavy atom. The Morgan fingerprint density at radius 2 is 1.90 bits per heavy atom. The number of aryl methyl sites for hydroxylation is 2. The molecule has 0 spiro atoms. The highest BCUT2D eigenvalue weighted by Crippen LogP contribution is 2.29. The maximum atomic E-state index is 12.5. The summed E-state index contributed by atoms with van der Waals surface area (Å²) in [4.78, 5) is 41.4. The van der Waals surface area contributed by atoms with Crippen LogP contribution in [0.1, 0.15) is 52.3 Å². The van der Waals surface area contributed by atoms with Gasteiger partial charge in [-0.3, -0.25) is 14.9 Å². The van der Waals surface area contributed by atoms with Crippen LogP contribution in [0.2, 0.25) is 0 Å². The van der Waals surface area contributed by atoms with E-state index in [2.05, 4.69) is 10.3 Å². The van der Waals surface area contributed by atoms with E-state index in [9.17, 15) is 14.4 Å². The minimum Gasteiger partial charge on any atom is -0.462 e. The van der Waals surface area contributed by atoms with Crippen LogP contribution in [0.5, 0.6) is 0 Å². The van der Waals surface area contributed by atoms with E-state index in [1.165, 1.54) is 18.7 Å². The topological polar surface area (TPSA) is 98.5 Å². The normalized spacial score (nSPS) is 10.8.